The molecule has 0 spiro atoms. The van der Waals surface area contributed by atoms with E-state index < -0.39 is 6.10 Å². The maximum atomic E-state index is 10.3. The van der Waals surface area contributed by atoms with Crippen molar-refractivity contribution >= 4 is 54.8 Å². The third-order valence-corrected chi connectivity index (χ3v) is 6.16. The first-order valence-electron chi connectivity index (χ1n) is 4.88. The van der Waals surface area contributed by atoms with E-state index in [-0.39, 0.29) is 0 Å². The van der Waals surface area contributed by atoms with Crippen LogP contribution in [0, 0.1) is 6.92 Å². The summed E-state index contributed by atoms with van der Waals surface area (Å²) in [6.07, 6.45) is -0.612. The second-order valence-electron chi connectivity index (χ2n) is 3.68. The third-order valence-electron chi connectivity index (χ3n) is 2.43. The first-order chi connectivity index (χ1) is 7.99. The number of benzene rings is 1. The second-order valence-corrected chi connectivity index (χ2v) is 7.34. The molecule has 0 aliphatic rings. The number of aliphatic hydroxyl groups excluding tert-OH is 1. The van der Waals surface area contributed by atoms with Crippen molar-refractivity contribution in [1.29, 1.82) is 0 Å². The summed E-state index contributed by atoms with van der Waals surface area (Å²) in [4.78, 5) is 0.894. The third kappa shape index (κ3) is 2.93. The van der Waals surface area contributed by atoms with Crippen molar-refractivity contribution in [3.8, 4) is 0 Å². The van der Waals surface area contributed by atoms with Gasteiger partial charge in [0, 0.05) is 14.4 Å². The molecule has 0 bridgehead atoms. The molecule has 0 aliphatic heterocycles. The summed E-state index contributed by atoms with van der Waals surface area (Å²) in [6.45, 7) is 1.93. The lowest BCUT2D eigenvalue weighted by Crippen LogP contribution is -1.97. The molecule has 1 aromatic carbocycles. The van der Waals surface area contributed by atoms with Gasteiger partial charge in [-0.3, -0.25) is 0 Å². The van der Waals surface area contributed by atoms with E-state index in [1.165, 1.54) is 11.3 Å². The van der Waals surface area contributed by atoms with Crippen LogP contribution in [0.1, 0.15) is 22.1 Å². The molecule has 1 nitrogen and oxygen atoms in total. The molecule has 1 aromatic heterocycles. The van der Waals surface area contributed by atoms with Gasteiger partial charge in [0.05, 0.1) is 3.79 Å². The van der Waals surface area contributed by atoms with Crippen LogP contribution in [0.4, 0.5) is 0 Å². The van der Waals surface area contributed by atoms with Gasteiger partial charge >= 0.3 is 0 Å². The number of thiophene rings is 1. The van der Waals surface area contributed by atoms with E-state index in [9.17, 15) is 5.11 Å². The van der Waals surface area contributed by atoms with Crippen molar-refractivity contribution < 1.29 is 5.11 Å². The highest BCUT2D eigenvalue weighted by Crippen LogP contribution is 2.37. The first-order valence-corrected chi connectivity index (χ1v) is 7.66. The lowest BCUT2D eigenvalue weighted by atomic mass is 10.1. The summed E-state index contributed by atoms with van der Waals surface area (Å²) in [6, 6.07) is 7.49. The molecule has 0 aliphatic carbocycles. The van der Waals surface area contributed by atoms with Crippen LogP contribution >= 0.6 is 54.8 Å². The molecule has 1 unspecified atom stereocenters. The van der Waals surface area contributed by atoms with Crippen molar-refractivity contribution in [3.63, 3.8) is 0 Å². The van der Waals surface area contributed by atoms with Crippen molar-refractivity contribution in [2.75, 3.05) is 0 Å². The van der Waals surface area contributed by atoms with Crippen LogP contribution in [0.2, 0.25) is 5.02 Å². The van der Waals surface area contributed by atoms with Crippen LogP contribution in [0.5, 0.6) is 0 Å². The van der Waals surface area contributed by atoms with Gasteiger partial charge in [-0.25, -0.2) is 0 Å². The highest BCUT2D eigenvalue weighted by molar-refractivity contribution is 9.13. The molecule has 2 aromatic rings. The zero-order chi connectivity index (χ0) is 12.6. The van der Waals surface area contributed by atoms with Crippen LogP contribution in [0.15, 0.2) is 32.5 Å². The zero-order valence-corrected chi connectivity index (χ0v) is 13.6. The van der Waals surface area contributed by atoms with Crippen LogP contribution in [0.3, 0.4) is 0 Å². The van der Waals surface area contributed by atoms with Crippen molar-refractivity contribution in [2.45, 2.75) is 13.0 Å². The largest absolute Gasteiger partial charge is 0.383 e. The number of aliphatic hydroxyl groups is 1. The fourth-order valence-corrected chi connectivity index (χ4v) is 3.72. The van der Waals surface area contributed by atoms with Crippen molar-refractivity contribution in [3.05, 3.63) is 53.6 Å². The average molecular weight is 397 g/mol. The predicted molar refractivity (Wildman–Crippen MR) is 80.0 cm³/mol. The van der Waals surface area contributed by atoms with Crippen LogP contribution in [-0.2, 0) is 0 Å². The zero-order valence-electron chi connectivity index (χ0n) is 8.88. The Morgan fingerprint density at radius 1 is 1.29 bits per heavy atom. The summed E-state index contributed by atoms with van der Waals surface area (Å²) in [5.41, 5.74) is 1.83. The maximum absolute atomic E-state index is 10.3. The Morgan fingerprint density at radius 3 is 2.53 bits per heavy atom. The van der Waals surface area contributed by atoms with Gasteiger partial charge in [-0.15, -0.1) is 11.3 Å². The van der Waals surface area contributed by atoms with Gasteiger partial charge in [0.1, 0.15) is 6.10 Å². The van der Waals surface area contributed by atoms with Gasteiger partial charge in [-0.05, 0) is 62.0 Å². The fraction of sp³-hybridized carbons (Fsp3) is 0.167. The smallest absolute Gasteiger partial charge is 0.113 e. The second kappa shape index (κ2) is 5.41. The minimum atomic E-state index is -0.612. The molecule has 5 heteroatoms. The molecule has 0 radical (unpaired) electrons. The maximum Gasteiger partial charge on any atom is 0.113 e. The van der Waals surface area contributed by atoms with E-state index in [0.29, 0.717) is 0 Å². The van der Waals surface area contributed by atoms with Crippen molar-refractivity contribution in [1.82, 2.24) is 0 Å². The molecular weight excluding hydrogens is 387 g/mol. The minimum Gasteiger partial charge on any atom is -0.383 e. The molecule has 2 rings (SSSR count). The average Bonchev–Trinajstić information content (AvgIpc) is 2.62. The van der Waals surface area contributed by atoms with Gasteiger partial charge in [-0.2, -0.15) is 0 Å². The fourth-order valence-electron chi connectivity index (χ4n) is 1.50. The molecule has 90 valence electrons. The molecule has 17 heavy (non-hydrogen) atoms. The van der Waals surface area contributed by atoms with E-state index >= 15 is 0 Å². The molecular formula is C12H9Br2ClOS. The number of hydrogen-bond acceptors (Lipinski definition) is 2. The monoisotopic (exact) mass is 394 g/mol. The Bertz CT molecular complexity index is 534. The topological polar surface area (TPSA) is 20.2 Å². The SMILES string of the molecule is Cc1cc(C(O)c2cc(Br)c(Br)s2)ccc1Cl. The highest BCUT2D eigenvalue weighted by Gasteiger charge is 2.15. The van der Waals surface area contributed by atoms with E-state index in [0.717, 1.165) is 29.3 Å². The summed E-state index contributed by atoms with van der Waals surface area (Å²) >= 11 is 14.3. The summed E-state index contributed by atoms with van der Waals surface area (Å²) < 4.78 is 1.94. The molecule has 0 fully saturated rings. The number of halogens is 3. The Hall–Kier alpha value is 0.130. The quantitative estimate of drug-likeness (QED) is 0.729. The molecule has 0 amide bonds. The normalized spacial score (nSPS) is 12.8. The van der Waals surface area contributed by atoms with E-state index in [1.807, 2.05) is 31.2 Å². The Labute approximate surface area is 126 Å². The van der Waals surface area contributed by atoms with E-state index in [1.54, 1.807) is 0 Å². The highest BCUT2D eigenvalue weighted by atomic mass is 79.9. The van der Waals surface area contributed by atoms with E-state index in [4.69, 9.17) is 11.6 Å². The van der Waals surface area contributed by atoms with Gasteiger partial charge in [0.2, 0.25) is 0 Å². The number of hydrogen-bond donors (Lipinski definition) is 1. The van der Waals surface area contributed by atoms with Gasteiger partial charge < -0.3 is 5.11 Å². The predicted octanol–water partition coefficient (Wildman–Crippen LogP) is 5.32. The molecule has 0 saturated carbocycles. The lowest BCUT2D eigenvalue weighted by Gasteiger charge is -2.10. The molecule has 0 saturated heterocycles. The van der Waals surface area contributed by atoms with Gasteiger partial charge in [-0.1, -0.05) is 23.7 Å². The minimum absolute atomic E-state index is 0.612. The molecule has 1 N–H and O–H groups in total. The standard InChI is InChI=1S/C12H9Br2ClOS/c1-6-4-7(2-3-9(6)15)11(16)10-5-8(13)12(14)17-10/h2-5,11,16H,1H3. The summed E-state index contributed by atoms with van der Waals surface area (Å²) in [5.74, 6) is 0. The number of aryl methyl sites for hydroxylation is 1. The molecule has 1 heterocycles. The van der Waals surface area contributed by atoms with Crippen LogP contribution in [0.25, 0.3) is 0 Å². The summed E-state index contributed by atoms with van der Waals surface area (Å²) in [5, 5.41) is 11.0. The van der Waals surface area contributed by atoms with Gasteiger partial charge in [0.25, 0.3) is 0 Å². The lowest BCUT2D eigenvalue weighted by molar-refractivity contribution is 0.224. The Morgan fingerprint density at radius 2 is 2.00 bits per heavy atom. The Balaban J connectivity index is 2.36. The summed E-state index contributed by atoms with van der Waals surface area (Å²) in [7, 11) is 0. The van der Waals surface area contributed by atoms with Crippen LogP contribution < -0.4 is 0 Å². The van der Waals surface area contributed by atoms with Crippen molar-refractivity contribution in [2.24, 2.45) is 0 Å². The van der Waals surface area contributed by atoms with Crippen LogP contribution in [-0.4, -0.2) is 5.11 Å². The number of rotatable bonds is 2. The van der Waals surface area contributed by atoms with Gasteiger partial charge in [0.15, 0.2) is 0 Å². The first kappa shape index (κ1) is 13.6. The van der Waals surface area contributed by atoms with E-state index in [2.05, 4.69) is 31.9 Å². The Kier molecular flexibility index (Phi) is 4.31. The molecule has 1 atom stereocenters.